The third-order valence-corrected chi connectivity index (χ3v) is 4.84. The molecule has 0 fully saturated rings. The number of aromatic nitrogens is 3. The summed E-state index contributed by atoms with van der Waals surface area (Å²) >= 11 is 1.56. The Labute approximate surface area is 155 Å². The largest absolute Gasteiger partial charge is 0.393 e. The van der Waals surface area contributed by atoms with E-state index in [-0.39, 0.29) is 0 Å². The Morgan fingerprint density at radius 3 is 2.35 bits per heavy atom. The number of nitrogen functional groups attached to an aromatic ring is 1. The second-order valence-electron chi connectivity index (χ2n) is 6.10. The summed E-state index contributed by atoms with van der Waals surface area (Å²) < 4.78 is 1.11. The number of nitrogens with one attached hydrogen (secondary N) is 2. The van der Waals surface area contributed by atoms with Crippen molar-refractivity contribution in [2.24, 2.45) is 0 Å². The molecule has 0 amide bonds. The van der Waals surface area contributed by atoms with Gasteiger partial charge in [0, 0.05) is 5.69 Å². The summed E-state index contributed by atoms with van der Waals surface area (Å²) in [5.74, 6) is 1.10. The highest BCUT2D eigenvalue weighted by atomic mass is 32.1. The first kappa shape index (κ1) is 16.3. The van der Waals surface area contributed by atoms with Crippen LogP contribution in [0.2, 0.25) is 0 Å². The monoisotopic (exact) mass is 362 g/mol. The molecule has 7 heteroatoms. The Bertz CT molecular complexity index is 1040. The van der Waals surface area contributed by atoms with Gasteiger partial charge in [-0.2, -0.15) is 0 Å². The molecule has 4 aromatic rings. The number of hydrogen-bond donors (Lipinski definition) is 3. The van der Waals surface area contributed by atoms with Crippen molar-refractivity contribution in [2.45, 2.75) is 13.8 Å². The molecule has 0 aliphatic carbocycles. The number of para-hydroxylation sites is 1. The first-order valence-corrected chi connectivity index (χ1v) is 8.98. The average Bonchev–Trinajstić information content (AvgIpc) is 3.00. The van der Waals surface area contributed by atoms with Crippen LogP contribution in [-0.4, -0.2) is 15.0 Å². The SMILES string of the molecule is Cc1cc(C)cc(Nc2ncnc(Nc3nc4ccccc4s3)c2N)c1. The Balaban J connectivity index is 1.62. The second kappa shape index (κ2) is 6.61. The van der Waals surface area contributed by atoms with E-state index in [0.717, 1.165) is 21.0 Å². The van der Waals surface area contributed by atoms with Gasteiger partial charge in [0.25, 0.3) is 0 Å². The molecule has 0 bridgehead atoms. The standard InChI is InChI=1S/C19H18N6S/c1-11-7-12(2)9-13(8-11)23-17-16(20)18(22-10-21-17)25-19-24-14-5-3-4-6-15(14)26-19/h3-10H,20H2,1-2H3,(H2,21,22,23,24,25). The summed E-state index contributed by atoms with van der Waals surface area (Å²) in [4.78, 5) is 13.1. The number of anilines is 5. The van der Waals surface area contributed by atoms with Gasteiger partial charge in [-0.15, -0.1) is 0 Å². The smallest absolute Gasteiger partial charge is 0.189 e. The minimum absolute atomic E-state index is 0.450. The second-order valence-corrected chi connectivity index (χ2v) is 7.13. The number of nitrogens with two attached hydrogens (primary N) is 1. The first-order valence-electron chi connectivity index (χ1n) is 8.17. The van der Waals surface area contributed by atoms with Crippen LogP contribution in [0.4, 0.5) is 28.1 Å². The zero-order chi connectivity index (χ0) is 18.1. The number of hydrogen-bond acceptors (Lipinski definition) is 7. The molecule has 0 radical (unpaired) electrons. The quantitative estimate of drug-likeness (QED) is 0.484. The van der Waals surface area contributed by atoms with Crippen LogP contribution in [0.1, 0.15) is 11.1 Å². The van der Waals surface area contributed by atoms with Gasteiger partial charge in [-0.05, 0) is 49.2 Å². The van der Waals surface area contributed by atoms with E-state index >= 15 is 0 Å². The van der Waals surface area contributed by atoms with E-state index in [2.05, 4.69) is 57.6 Å². The molecule has 0 aliphatic rings. The maximum atomic E-state index is 6.28. The lowest BCUT2D eigenvalue weighted by atomic mass is 10.1. The van der Waals surface area contributed by atoms with Crippen molar-refractivity contribution < 1.29 is 0 Å². The molecule has 2 heterocycles. The summed E-state index contributed by atoms with van der Waals surface area (Å²) in [5.41, 5.74) is 11.0. The highest BCUT2D eigenvalue weighted by Gasteiger charge is 2.11. The molecule has 0 atom stereocenters. The lowest BCUT2D eigenvalue weighted by Gasteiger charge is -2.12. The lowest BCUT2D eigenvalue weighted by molar-refractivity contribution is 1.17. The molecule has 0 aliphatic heterocycles. The topological polar surface area (TPSA) is 88.8 Å². The summed E-state index contributed by atoms with van der Waals surface area (Å²) in [6, 6.07) is 14.2. The fraction of sp³-hybridized carbons (Fsp3) is 0.105. The van der Waals surface area contributed by atoms with Crippen molar-refractivity contribution in [3.05, 3.63) is 59.9 Å². The van der Waals surface area contributed by atoms with E-state index in [0.29, 0.717) is 17.3 Å². The zero-order valence-corrected chi connectivity index (χ0v) is 15.3. The van der Waals surface area contributed by atoms with Gasteiger partial charge in [-0.25, -0.2) is 15.0 Å². The van der Waals surface area contributed by atoms with Gasteiger partial charge in [0.2, 0.25) is 0 Å². The Morgan fingerprint density at radius 1 is 0.923 bits per heavy atom. The molecule has 0 saturated carbocycles. The van der Waals surface area contributed by atoms with E-state index < -0.39 is 0 Å². The molecule has 2 aromatic heterocycles. The van der Waals surface area contributed by atoms with Gasteiger partial charge in [-0.3, -0.25) is 0 Å². The number of aryl methyl sites for hydroxylation is 2. The van der Waals surface area contributed by atoms with Crippen LogP contribution >= 0.6 is 11.3 Å². The molecule has 4 rings (SSSR count). The van der Waals surface area contributed by atoms with Gasteiger partial charge in [-0.1, -0.05) is 29.5 Å². The minimum atomic E-state index is 0.450. The molecular formula is C19H18N6S. The number of fused-ring (bicyclic) bond motifs is 1. The fourth-order valence-electron chi connectivity index (χ4n) is 2.81. The van der Waals surface area contributed by atoms with Gasteiger partial charge in [0.1, 0.15) is 12.0 Å². The van der Waals surface area contributed by atoms with Crippen LogP contribution in [0.15, 0.2) is 48.8 Å². The fourth-order valence-corrected chi connectivity index (χ4v) is 3.67. The van der Waals surface area contributed by atoms with E-state index in [1.54, 1.807) is 11.3 Å². The molecule has 0 spiro atoms. The van der Waals surface area contributed by atoms with Crippen molar-refractivity contribution >= 4 is 49.7 Å². The van der Waals surface area contributed by atoms with E-state index in [9.17, 15) is 0 Å². The third-order valence-electron chi connectivity index (χ3n) is 3.89. The summed E-state index contributed by atoms with van der Waals surface area (Å²) in [6.45, 7) is 4.11. The Morgan fingerprint density at radius 2 is 1.62 bits per heavy atom. The van der Waals surface area contributed by atoms with Crippen molar-refractivity contribution in [1.29, 1.82) is 0 Å². The molecule has 2 aromatic carbocycles. The number of benzene rings is 2. The number of rotatable bonds is 4. The van der Waals surface area contributed by atoms with Crippen molar-refractivity contribution in [1.82, 2.24) is 15.0 Å². The van der Waals surface area contributed by atoms with Gasteiger partial charge >= 0.3 is 0 Å². The maximum Gasteiger partial charge on any atom is 0.189 e. The minimum Gasteiger partial charge on any atom is -0.393 e. The van der Waals surface area contributed by atoms with Crippen molar-refractivity contribution in [3.8, 4) is 0 Å². The predicted molar refractivity (Wildman–Crippen MR) is 109 cm³/mol. The number of thiazole rings is 1. The van der Waals surface area contributed by atoms with E-state index in [4.69, 9.17) is 5.73 Å². The van der Waals surface area contributed by atoms with Crippen molar-refractivity contribution in [3.63, 3.8) is 0 Å². The zero-order valence-electron chi connectivity index (χ0n) is 14.4. The third kappa shape index (κ3) is 3.29. The molecule has 130 valence electrons. The van der Waals surface area contributed by atoms with Crippen LogP contribution in [0.25, 0.3) is 10.2 Å². The molecule has 4 N–H and O–H groups in total. The van der Waals surface area contributed by atoms with Gasteiger partial charge in [0.15, 0.2) is 16.8 Å². The van der Waals surface area contributed by atoms with Crippen LogP contribution in [0.5, 0.6) is 0 Å². The highest BCUT2D eigenvalue weighted by Crippen LogP contribution is 2.32. The average molecular weight is 362 g/mol. The molecule has 0 unspecified atom stereocenters. The summed E-state index contributed by atoms with van der Waals surface area (Å²) in [5, 5.41) is 7.22. The maximum absolute atomic E-state index is 6.28. The lowest BCUT2D eigenvalue weighted by Crippen LogP contribution is -2.05. The number of nitrogens with zero attached hydrogens (tertiary/aromatic N) is 3. The van der Waals surface area contributed by atoms with Crippen LogP contribution in [0, 0.1) is 13.8 Å². The predicted octanol–water partition coefficient (Wildman–Crippen LogP) is 4.77. The van der Waals surface area contributed by atoms with Crippen molar-refractivity contribution in [2.75, 3.05) is 16.4 Å². The summed E-state index contributed by atoms with van der Waals surface area (Å²) in [7, 11) is 0. The van der Waals surface area contributed by atoms with E-state index in [1.165, 1.54) is 17.5 Å². The van der Waals surface area contributed by atoms with E-state index in [1.807, 2.05) is 24.3 Å². The normalized spacial score (nSPS) is 10.8. The van der Waals surface area contributed by atoms with Gasteiger partial charge in [0.05, 0.1) is 10.2 Å². The Kier molecular flexibility index (Phi) is 4.14. The molecule has 6 nitrogen and oxygen atoms in total. The molecule has 26 heavy (non-hydrogen) atoms. The summed E-state index contributed by atoms with van der Waals surface area (Å²) in [6.07, 6.45) is 1.48. The van der Waals surface area contributed by atoms with Gasteiger partial charge < -0.3 is 16.4 Å². The highest BCUT2D eigenvalue weighted by molar-refractivity contribution is 7.22. The molecular weight excluding hydrogens is 344 g/mol. The van der Waals surface area contributed by atoms with Crippen LogP contribution < -0.4 is 16.4 Å². The van der Waals surface area contributed by atoms with Crippen LogP contribution in [-0.2, 0) is 0 Å². The first-order chi connectivity index (χ1) is 12.6. The van der Waals surface area contributed by atoms with Crippen LogP contribution in [0.3, 0.4) is 0 Å². The Hall–Kier alpha value is -3.19. The molecule has 0 saturated heterocycles.